The van der Waals surface area contributed by atoms with E-state index < -0.39 is 8.32 Å². The van der Waals surface area contributed by atoms with E-state index in [9.17, 15) is 0 Å². The number of benzene rings is 1. The first-order valence-corrected chi connectivity index (χ1v) is 10.2. The van der Waals surface area contributed by atoms with Crippen molar-refractivity contribution >= 4 is 19.2 Å². The Morgan fingerprint density at radius 2 is 1.57 bits per heavy atom. The van der Waals surface area contributed by atoms with Crippen molar-refractivity contribution in [1.29, 1.82) is 0 Å². The molecule has 0 saturated heterocycles. The first-order chi connectivity index (χ1) is 9.87. The molecule has 0 atom stereocenters. The lowest BCUT2D eigenvalue weighted by atomic mass is 10.2. The molecule has 0 bridgehead atoms. The minimum atomic E-state index is -1.77. The minimum absolute atomic E-state index is 0.633. The van der Waals surface area contributed by atoms with Crippen LogP contribution in [0.15, 0.2) is 30.5 Å². The summed E-state index contributed by atoms with van der Waals surface area (Å²) in [5.74, 6) is 0. The molecule has 0 aliphatic heterocycles. The van der Waals surface area contributed by atoms with Gasteiger partial charge in [0.25, 0.3) is 0 Å². The van der Waals surface area contributed by atoms with E-state index in [1.165, 1.54) is 16.5 Å². The van der Waals surface area contributed by atoms with Gasteiger partial charge in [0.1, 0.15) is 0 Å². The van der Waals surface area contributed by atoms with Crippen LogP contribution in [0, 0.1) is 0 Å². The zero-order valence-electron chi connectivity index (χ0n) is 14.2. The maximum absolute atomic E-state index is 6.65. The van der Waals surface area contributed by atoms with Crippen LogP contribution in [0.5, 0.6) is 0 Å². The van der Waals surface area contributed by atoms with E-state index in [1.807, 2.05) is 6.20 Å². The topological polar surface area (TPSA) is 25.0 Å². The van der Waals surface area contributed by atoms with Crippen LogP contribution in [0.1, 0.15) is 47.1 Å². The highest BCUT2D eigenvalue weighted by Gasteiger charge is 2.44. The molecule has 1 aromatic heterocycles. The quantitative estimate of drug-likeness (QED) is 0.664. The van der Waals surface area contributed by atoms with Crippen LogP contribution in [0.3, 0.4) is 0 Å². The van der Waals surface area contributed by atoms with Crippen molar-refractivity contribution in [3.05, 3.63) is 36.0 Å². The molecule has 1 aromatic carbocycles. The Morgan fingerprint density at radius 3 is 2.14 bits per heavy atom. The molecule has 0 spiro atoms. The predicted octanol–water partition coefficient (Wildman–Crippen LogP) is 5.86. The summed E-state index contributed by atoms with van der Waals surface area (Å²) in [5.41, 5.74) is 4.37. The van der Waals surface area contributed by atoms with Gasteiger partial charge in [-0.25, -0.2) is 0 Å². The third-order valence-electron chi connectivity index (χ3n) is 4.81. The summed E-state index contributed by atoms with van der Waals surface area (Å²) in [6, 6.07) is 8.69. The molecule has 0 fully saturated rings. The second-order valence-electron chi connectivity index (χ2n) is 7.01. The van der Waals surface area contributed by atoms with Crippen LogP contribution in [-0.4, -0.2) is 13.3 Å². The van der Waals surface area contributed by atoms with E-state index in [1.54, 1.807) is 0 Å². The lowest BCUT2D eigenvalue weighted by molar-refractivity contribution is 0.266. The standard InChI is InChI=1S/C18H29NOSi/c1-13(2)21(14(3)4,15(5)6)20-12-16-7-8-18-17(11-16)9-10-19-18/h7-11,13-15,19H,12H2,1-6H3. The molecule has 116 valence electrons. The Labute approximate surface area is 130 Å². The number of H-pyrrole nitrogens is 1. The number of fused-ring (bicyclic) bond motifs is 1. The second kappa shape index (κ2) is 6.37. The van der Waals surface area contributed by atoms with E-state index in [4.69, 9.17) is 4.43 Å². The molecule has 21 heavy (non-hydrogen) atoms. The molecular weight excluding hydrogens is 274 g/mol. The van der Waals surface area contributed by atoms with E-state index in [-0.39, 0.29) is 0 Å². The largest absolute Gasteiger partial charge is 0.412 e. The van der Waals surface area contributed by atoms with Gasteiger partial charge in [0.05, 0.1) is 6.61 Å². The van der Waals surface area contributed by atoms with Crippen LogP contribution in [0.2, 0.25) is 16.6 Å². The maximum Gasteiger partial charge on any atom is 0.200 e. The zero-order valence-corrected chi connectivity index (χ0v) is 15.2. The number of hydrogen-bond acceptors (Lipinski definition) is 1. The molecule has 1 heterocycles. The number of aromatic amines is 1. The summed E-state index contributed by atoms with van der Waals surface area (Å²) in [7, 11) is -1.77. The van der Waals surface area contributed by atoms with Crippen LogP contribution >= 0.6 is 0 Å². The summed E-state index contributed by atoms with van der Waals surface area (Å²) in [6.07, 6.45) is 1.99. The van der Waals surface area contributed by atoms with E-state index in [0.717, 1.165) is 6.61 Å². The number of rotatable bonds is 6. The first kappa shape index (κ1) is 16.3. The normalized spacial score (nSPS) is 13.0. The van der Waals surface area contributed by atoms with Crippen LogP contribution in [0.25, 0.3) is 10.9 Å². The van der Waals surface area contributed by atoms with Gasteiger partial charge in [-0.1, -0.05) is 47.6 Å². The first-order valence-electron chi connectivity index (χ1n) is 8.08. The molecule has 3 heteroatoms. The van der Waals surface area contributed by atoms with Crippen molar-refractivity contribution in [2.24, 2.45) is 0 Å². The SMILES string of the molecule is CC(C)[Si](OCc1ccc2[nH]ccc2c1)(C(C)C)C(C)C. The number of aromatic nitrogens is 1. The van der Waals surface area contributed by atoms with Gasteiger partial charge in [0, 0.05) is 11.7 Å². The molecule has 0 amide bonds. The highest BCUT2D eigenvalue weighted by molar-refractivity contribution is 6.77. The highest BCUT2D eigenvalue weighted by Crippen LogP contribution is 2.42. The molecule has 2 aromatic rings. The van der Waals surface area contributed by atoms with E-state index in [0.29, 0.717) is 16.6 Å². The fourth-order valence-corrected chi connectivity index (χ4v) is 9.32. The number of nitrogens with one attached hydrogen (secondary N) is 1. The summed E-state index contributed by atoms with van der Waals surface area (Å²) in [6.45, 7) is 14.7. The Balaban J connectivity index is 2.21. The van der Waals surface area contributed by atoms with Crippen molar-refractivity contribution in [2.45, 2.75) is 64.8 Å². The van der Waals surface area contributed by atoms with Crippen LogP contribution in [-0.2, 0) is 11.0 Å². The van der Waals surface area contributed by atoms with Gasteiger partial charge in [-0.2, -0.15) is 0 Å². The van der Waals surface area contributed by atoms with Crippen molar-refractivity contribution in [1.82, 2.24) is 4.98 Å². The molecular formula is C18H29NOSi. The molecule has 0 aliphatic carbocycles. The Hall–Kier alpha value is -1.06. The van der Waals surface area contributed by atoms with Crippen molar-refractivity contribution < 1.29 is 4.43 Å². The van der Waals surface area contributed by atoms with Crippen LogP contribution in [0.4, 0.5) is 0 Å². The fourth-order valence-electron chi connectivity index (χ4n) is 3.90. The molecule has 1 N–H and O–H groups in total. The van der Waals surface area contributed by atoms with Gasteiger partial charge < -0.3 is 9.41 Å². The summed E-state index contributed by atoms with van der Waals surface area (Å²) in [5, 5.41) is 1.27. The smallest absolute Gasteiger partial charge is 0.200 e. The average Bonchev–Trinajstić information content (AvgIpc) is 2.85. The molecule has 0 aliphatic rings. The third kappa shape index (κ3) is 3.09. The lowest BCUT2D eigenvalue weighted by Gasteiger charge is -2.42. The monoisotopic (exact) mass is 303 g/mol. The van der Waals surface area contributed by atoms with Crippen molar-refractivity contribution in [2.75, 3.05) is 0 Å². The second-order valence-corrected chi connectivity index (χ2v) is 12.5. The Kier molecular flexibility index (Phi) is 4.94. The highest BCUT2D eigenvalue weighted by atomic mass is 28.4. The summed E-state index contributed by atoms with van der Waals surface area (Å²) in [4.78, 5) is 3.24. The van der Waals surface area contributed by atoms with Gasteiger partial charge >= 0.3 is 0 Å². The maximum atomic E-state index is 6.65. The van der Waals surface area contributed by atoms with Crippen molar-refractivity contribution in [3.8, 4) is 0 Å². The van der Waals surface area contributed by atoms with E-state index in [2.05, 4.69) is 70.8 Å². The Morgan fingerprint density at radius 1 is 0.952 bits per heavy atom. The van der Waals surface area contributed by atoms with Gasteiger partial charge in [0.2, 0.25) is 8.32 Å². The molecule has 2 nitrogen and oxygen atoms in total. The molecule has 0 saturated carbocycles. The van der Waals surface area contributed by atoms with Gasteiger partial charge in [-0.3, -0.25) is 0 Å². The zero-order chi connectivity index (χ0) is 15.6. The summed E-state index contributed by atoms with van der Waals surface area (Å²) >= 11 is 0. The predicted molar refractivity (Wildman–Crippen MR) is 94.1 cm³/mol. The molecule has 0 unspecified atom stereocenters. The van der Waals surface area contributed by atoms with Gasteiger partial charge in [-0.15, -0.1) is 0 Å². The minimum Gasteiger partial charge on any atom is -0.412 e. The average molecular weight is 304 g/mol. The van der Waals surface area contributed by atoms with Crippen molar-refractivity contribution in [3.63, 3.8) is 0 Å². The molecule has 2 rings (SSSR count). The lowest BCUT2D eigenvalue weighted by Crippen LogP contribution is -2.47. The van der Waals surface area contributed by atoms with Gasteiger partial charge in [0.15, 0.2) is 0 Å². The van der Waals surface area contributed by atoms with E-state index >= 15 is 0 Å². The Bertz CT molecular complexity index is 564. The van der Waals surface area contributed by atoms with Crippen LogP contribution < -0.4 is 0 Å². The fraction of sp³-hybridized carbons (Fsp3) is 0.556. The summed E-state index contributed by atoms with van der Waals surface area (Å²) < 4.78 is 6.65. The number of hydrogen-bond donors (Lipinski definition) is 1. The van der Waals surface area contributed by atoms with Gasteiger partial charge in [-0.05, 0) is 45.8 Å². The third-order valence-corrected chi connectivity index (χ3v) is 10.9. The molecule has 0 radical (unpaired) electrons.